The SMILES string of the molecule is COc1cccc(OC)c1-n1c(-c2ccco2)nnc1N(CC[Si](C)(C)C)S(=O)(=O)CCN1C(=O)[C@H](C)C[C@@]1(C)C#N. The number of hydrogen-bond donors (Lipinski definition) is 0. The third-order valence-corrected chi connectivity index (χ3v) is 10.9. The topological polar surface area (TPSA) is 144 Å². The zero-order chi connectivity index (χ0) is 30.9. The van der Waals surface area contributed by atoms with E-state index in [0.29, 0.717) is 35.4 Å². The number of para-hydroxylation sites is 1. The van der Waals surface area contributed by atoms with Gasteiger partial charge in [-0.25, -0.2) is 12.7 Å². The summed E-state index contributed by atoms with van der Waals surface area (Å²) >= 11 is 0. The maximum Gasteiger partial charge on any atom is 0.246 e. The van der Waals surface area contributed by atoms with Crippen molar-refractivity contribution in [2.75, 3.05) is 37.4 Å². The van der Waals surface area contributed by atoms with E-state index in [4.69, 9.17) is 13.9 Å². The Morgan fingerprint density at radius 1 is 1.17 bits per heavy atom. The van der Waals surface area contributed by atoms with Crippen LogP contribution in [0.15, 0.2) is 41.0 Å². The molecule has 3 heterocycles. The van der Waals surface area contributed by atoms with E-state index < -0.39 is 29.4 Å². The Kier molecular flexibility index (Phi) is 8.75. The van der Waals surface area contributed by atoms with E-state index in [2.05, 4.69) is 35.9 Å². The summed E-state index contributed by atoms with van der Waals surface area (Å²) in [6, 6.07) is 11.5. The van der Waals surface area contributed by atoms with Crippen LogP contribution in [0.5, 0.6) is 11.5 Å². The first-order valence-corrected chi connectivity index (χ1v) is 19.0. The Balaban J connectivity index is 1.87. The lowest BCUT2D eigenvalue weighted by Gasteiger charge is -2.31. The van der Waals surface area contributed by atoms with Gasteiger partial charge in [-0.05, 0) is 43.7 Å². The Morgan fingerprint density at radius 2 is 1.83 bits per heavy atom. The van der Waals surface area contributed by atoms with Crippen LogP contribution in [0.25, 0.3) is 17.3 Å². The van der Waals surface area contributed by atoms with Gasteiger partial charge in [0.2, 0.25) is 27.7 Å². The highest BCUT2D eigenvalue weighted by Crippen LogP contribution is 2.39. The van der Waals surface area contributed by atoms with Crippen LogP contribution >= 0.6 is 0 Å². The molecule has 226 valence electrons. The van der Waals surface area contributed by atoms with Crippen LogP contribution in [0.3, 0.4) is 0 Å². The molecule has 4 rings (SSSR count). The molecule has 1 amide bonds. The first kappa shape index (κ1) is 31.1. The molecular weight excluding hydrogens is 576 g/mol. The molecule has 0 aliphatic carbocycles. The monoisotopic (exact) mass is 614 g/mol. The number of rotatable bonds is 12. The minimum Gasteiger partial charge on any atom is -0.494 e. The lowest BCUT2D eigenvalue weighted by Crippen LogP contribution is -2.47. The molecule has 2 atom stereocenters. The fourth-order valence-electron chi connectivity index (χ4n) is 5.14. The van der Waals surface area contributed by atoms with Gasteiger partial charge in [0.15, 0.2) is 5.76 Å². The molecule has 0 bridgehead atoms. The first-order valence-electron chi connectivity index (χ1n) is 13.7. The van der Waals surface area contributed by atoms with E-state index in [1.54, 1.807) is 48.7 Å². The summed E-state index contributed by atoms with van der Waals surface area (Å²) in [6.07, 6.45) is 1.84. The van der Waals surface area contributed by atoms with Crippen molar-refractivity contribution in [1.29, 1.82) is 5.26 Å². The maximum absolute atomic E-state index is 14.2. The van der Waals surface area contributed by atoms with Crippen LogP contribution in [-0.4, -0.2) is 80.7 Å². The summed E-state index contributed by atoms with van der Waals surface area (Å²) in [7, 11) is -2.82. The number of carbonyl (C=O) groups excluding carboxylic acids is 1. The Labute approximate surface area is 247 Å². The van der Waals surface area contributed by atoms with Gasteiger partial charge in [0.05, 0.1) is 32.3 Å². The zero-order valence-corrected chi connectivity index (χ0v) is 26.9. The van der Waals surface area contributed by atoms with Gasteiger partial charge in [-0.15, -0.1) is 10.2 Å². The average Bonchev–Trinajstić information content (AvgIpc) is 3.66. The second-order valence-corrected chi connectivity index (χ2v) is 19.5. The molecule has 2 aromatic heterocycles. The van der Waals surface area contributed by atoms with Crippen LogP contribution in [0, 0.1) is 17.2 Å². The summed E-state index contributed by atoms with van der Waals surface area (Å²) in [4.78, 5) is 14.3. The van der Waals surface area contributed by atoms with Gasteiger partial charge in [0.25, 0.3) is 0 Å². The van der Waals surface area contributed by atoms with Crippen molar-refractivity contribution >= 4 is 30.0 Å². The molecule has 12 nitrogen and oxygen atoms in total. The number of ether oxygens (including phenoxy) is 2. The van der Waals surface area contributed by atoms with Crippen LogP contribution in [-0.2, 0) is 14.8 Å². The van der Waals surface area contributed by atoms with Crippen molar-refractivity contribution in [2.24, 2.45) is 5.92 Å². The molecule has 0 saturated carbocycles. The molecule has 0 radical (unpaired) electrons. The molecule has 3 aromatic rings. The number of amides is 1. The molecule has 0 N–H and O–H groups in total. The highest BCUT2D eigenvalue weighted by atomic mass is 32.2. The lowest BCUT2D eigenvalue weighted by atomic mass is 9.97. The molecule has 1 aliphatic rings. The van der Waals surface area contributed by atoms with E-state index >= 15 is 0 Å². The average molecular weight is 615 g/mol. The number of sulfonamides is 1. The number of hydrogen-bond acceptors (Lipinski definition) is 9. The van der Waals surface area contributed by atoms with Gasteiger partial charge < -0.3 is 18.8 Å². The Bertz CT molecular complexity index is 1550. The standard InChI is InChI=1S/C28H38N6O6SSi/c1-20-18-28(2,19-29)32(26(20)35)13-16-41(36,37)33(14-17-42(5,6)7)27-31-30-25(23-12-9-15-40-23)34(27)24-21(38-3)10-8-11-22(24)39-4/h8-12,15,20H,13-14,16-18H2,1-7H3/t20-,28+/m1/s1. The lowest BCUT2D eigenvalue weighted by molar-refractivity contribution is -0.132. The number of nitrogens with zero attached hydrogens (tertiary/aromatic N) is 6. The van der Waals surface area contributed by atoms with Gasteiger partial charge in [-0.1, -0.05) is 32.6 Å². The molecule has 1 saturated heterocycles. The van der Waals surface area contributed by atoms with Crippen molar-refractivity contribution in [3.05, 3.63) is 36.6 Å². The molecule has 1 aromatic carbocycles. The minimum absolute atomic E-state index is 0.0339. The number of aromatic nitrogens is 3. The van der Waals surface area contributed by atoms with Crippen molar-refractivity contribution in [2.45, 2.75) is 51.5 Å². The van der Waals surface area contributed by atoms with Crippen molar-refractivity contribution in [3.8, 4) is 34.8 Å². The number of anilines is 1. The van der Waals surface area contributed by atoms with Gasteiger partial charge in [-0.2, -0.15) is 5.26 Å². The summed E-state index contributed by atoms with van der Waals surface area (Å²) in [5.74, 6) is 0.478. The zero-order valence-electron chi connectivity index (χ0n) is 25.1. The summed E-state index contributed by atoms with van der Waals surface area (Å²) in [6.45, 7) is 9.91. The summed E-state index contributed by atoms with van der Waals surface area (Å²) < 4.78 is 48.3. The summed E-state index contributed by atoms with van der Waals surface area (Å²) in [5, 5.41) is 18.6. The minimum atomic E-state index is -4.09. The second-order valence-electron chi connectivity index (χ2n) is 11.8. The molecule has 0 spiro atoms. The molecular formula is C28H38N6O6SSi. The Hall–Kier alpha value is -3.83. The van der Waals surface area contributed by atoms with E-state index in [1.165, 1.54) is 29.7 Å². The predicted molar refractivity (Wildman–Crippen MR) is 161 cm³/mol. The molecule has 42 heavy (non-hydrogen) atoms. The van der Waals surface area contributed by atoms with Crippen LogP contribution in [0.1, 0.15) is 20.3 Å². The van der Waals surface area contributed by atoms with Crippen molar-refractivity contribution in [1.82, 2.24) is 19.7 Å². The fourth-order valence-corrected chi connectivity index (χ4v) is 7.57. The van der Waals surface area contributed by atoms with Crippen LogP contribution < -0.4 is 13.8 Å². The van der Waals surface area contributed by atoms with Gasteiger partial charge in [0, 0.05) is 27.1 Å². The van der Waals surface area contributed by atoms with Gasteiger partial charge in [0.1, 0.15) is 22.7 Å². The first-order chi connectivity index (χ1) is 19.8. The molecule has 0 unspecified atom stereocenters. The number of likely N-dealkylation sites (tertiary alicyclic amines) is 1. The van der Waals surface area contributed by atoms with Crippen molar-refractivity contribution in [3.63, 3.8) is 0 Å². The van der Waals surface area contributed by atoms with E-state index in [-0.39, 0.29) is 36.7 Å². The van der Waals surface area contributed by atoms with Gasteiger partial charge in [-0.3, -0.25) is 9.36 Å². The highest BCUT2D eigenvalue weighted by molar-refractivity contribution is 7.92. The number of carbonyl (C=O) groups is 1. The van der Waals surface area contributed by atoms with E-state index in [0.717, 1.165) is 0 Å². The fraction of sp³-hybridized carbons (Fsp3) is 0.500. The maximum atomic E-state index is 14.2. The van der Waals surface area contributed by atoms with Crippen LogP contribution in [0.4, 0.5) is 5.95 Å². The number of benzene rings is 1. The van der Waals surface area contributed by atoms with Crippen molar-refractivity contribution < 1.29 is 27.1 Å². The summed E-state index contributed by atoms with van der Waals surface area (Å²) in [5.41, 5.74) is -0.672. The smallest absolute Gasteiger partial charge is 0.246 e. The molecule has 14 heteroatoms. The third kappa shape index (κ3) is 6.02. The van der Waals surface area contributed by atoms with Gasteiger partial charge >= 0.3 is 0 Å². The number of furan rings is 1. The van der Waals surface area contributed by atoms with E-state index in [1.807, 2.05) is 0 Å². The third-order valence-electron chi connectivity index (χ3n) is 7.44. The van der Waals surface area contributed by atoms with E-state index in [9.17, 15) is 18.5 Å². The van der Waals surface area contributed by atoms with Crippen LogP contribution in [0.2, 0.25) is 25.7 Å². The molecule has 1 aliphatic heterocycles. The second kappa shape index (κ2) is 11.8. The molecule has 1 fully saturated rings. The highest BCUT2D eigenvalue weighted by Gasteiger charge is 2.47. The largest absolute Gasteiger partial charge is 0.494 e. The quantitative estimate of drug-likeness (QED) is 0.275. The number of nitriles is 1. The Morgan fingerprint density at radius 3 is 2.38 bits per heavy atom. The normalized spacial score (nSPS) is 19.1. The predicted octanol–water partition coefficient (Wildman–Crippen LogP) is 4.17. The number of methoxy groups -OCH3 is 2.